The molecule has 0 saturated heterocycles. The number of carbonyl (C=O) groups is 2. The number of nitrogens with two attached hydrogens (primary N) is 1. The molecule has 0 aromatic heterocycles. The second kappa shape index (κ2) is 9.88. The molecule has 0 heterocycles. The van der Waals surface area contributed by atoms with Gasteiger partial charge in [-0.25, -0.2) is 0 Å². The van der Waals surface area contributed by atoms with Crippen molar-refractivity contribution < 1.29 is 9.59 Å². The summed E-state index contributed by atoms with van der Waals surface area (Å²) in [6, 6.07) is 15.6. The summed E-state index contributed by atoms with van der Waals surface area (Å²) in [5.41, 5.74) is 9.18. The van der Waals surface area contributed by atoms with Crippen LogP contribution in [0.3, 0.4) is 0 Å². The van der Waals surface area contributed by atoms with E-state index in [1.165, 1.54) is 0 Å². The zero-order valence-corrected chi connectivity index (χ0v) is 16.4. The van der Waals surface area contributed by atoms with Crippen LogP contribution in [0.2, 0.25) is 0 Å². The van der Waals surface area contributed by atoms with E-state index in [1.807, 2.05) is 42.5 Å². The molecule has 3 N–H and O–H groups in total. The van der Waals surface area contributed by atoms with Crippen LogP contribution < -0.4 is 11.1 Å². The van der Waals surface area contributed by atoms with Gasteiger partial charge in [0.1, 0.15) is 0 Å². The monoisotopic (exact) mass is 367 g/mol. The summed E-state index contributed by atoms with van der Waals surface area (Å²) >= 11 is 0. The van der Waals surface area contributed by atoms with Crippen LogP contribution in [0.1, 0.15) is 36.2 Å². The Morgan fingerprint density at radius 1 is 1.07 bits per heavy atom. The Balaban J connectivity index is 2.05. The van der Waals surface area contributed by atoms with E-state index in [1.54, 1.807) is 11.9 Å². The van der Waals surface area contributed by atoms with E-state index >= 15 is 0 Å². The van der Waals surface area contributed by atoms with Crippen molar-refractivity contribution in [1.82, 2.24) is 10.2 Å². The molecule has 0 fully saturated rings. The molecule has 2 aromatic rings. The molecule has 0 aliphatic heterocycles. The molecule has 0 atom stereocenters. The number of hydrogen-bond donors (Lipinski definition) is 2. The van der Waals surface area contributed by atoms with Gasteiger partial charge in [0, 0.05) is 25.7 Å². The predicted octanol–water partition coefficient (Wildman–Crippen LogP) is 3.05. The zero-order chi connectivity index (χ0) is 19.8. The number of benzene rings is 2. The maximum Gasteiger partial charge on any atom is 0.251 e. The largest absolute Gasteiger partial charge is 0.352 e. The fraction of sp³-hybridized carbons (Fsp3) is 0.364. The number of nitrogens with one attached hydrogen (secondary N) is 1. The average molecular weight is 367 g/mol. The number of carbonyl (C=O) groups excluding carboxylic acids is 2. The molecule has 27 heavy (non-hydrogen) atoms. The summed E-state index contributed by atoms with van der Waals surface area (Å²) in [6.45, 7) is 5.49. The van der Waals surface area contributed by atoms with Crippen LogP contribution in [0.4, 0.5) is 0 Å². The average Bonchev–Trinajstić information content (AvgIpc) is 2.67. The molecule has 2 rings (SSSR count). The molecule has 0 aliphatic carbocycles. The van der Waals surface area contributed by atoms with E-state index < -0.39 is 0 Å². The first-order valence-electron chi connectivity index (χ1n) is 9.32. The molecule has 0 saturated carbocycles. The second-order valence-corrected chi connectivity index (χ2v) is 7.17. The van der Waals surface area contributed by atoms with Gasteiger partial charge in [-0.15, -0.1) is 0 Å². The van der Waals surface area contributed by atoms with Crippen LogP contribution in [-0.4, -0.2) is 36.9 Å². The van der Waals surface area contributed by atoms with Gasteiger partial charge in [-0.05, 0) is 47.2 Å². The van der Waals surface area contributed by atoms with Gasteiger partial charge < -0.3 is 16.0 Å². The van der Waals surface area contributed by atoms with Crippen molar-refractivity contribution in [2.45, 2.75) is 26.8 Å². The van der Waals surface area contributed by atoms with E-state index in [9.17, 15) is 9.59 Å². The first-order chi connectivity index (χ1) is 12.9. The van der Waals surface area contributed by atoms with Crippen molar-refractivity contribution >= 4 is 11.8 Å². The lowest BCUT2D eigenvalue weighted by Crippen LogP contribution is -2.32. The molecule has 5 nitrogen and oxygen atoms in total. The third kappa shape index (κ3) is 6.22. The predicted molar refractivity (Wildman–Crippen MR) is 109 cm³/mol. The molecular formula is C22H29N3O2. The van der Waals surface area contributed by atoms with Crippen LogP contribution in [-0.2, 0) is 11.3 Å². The maximum absolute atomic E-state index is 12.2. The standard InChI is InChI=1S/C22H29N3O2/c1-16(2)11-12-24-22(27)19-9-7-18(8-10-19)20-6-4-5-17(13-20)15-25(3)21(26)14-23/h4-10,13,16H,11-12,14-15,23H2,1-3H3,(H,24,27). The fourth-order valence-corrected chi connectivity index (χ4v) is 2.76. The number of rotatable bonds is 8. The highest BCUT2D eigenvalue weighted by Crippen LogP contribution is 2.21. The van der Waals surface area contributed by atoms with Gasteiger partial charge in [-0.2, -0.15) is 0 Å². The molecule has 0 aliphatic rings. The van der Waals surface area contributed by atoms with Crippen molar-refractivity contribution in [2.75, 3.05) is 20.1 Å². The van der Waals surface area contributed by atoms with Gasteiger partial charge in [0.2, 0.25) is 5.91 Å². The van der Waals surface area contributed by atoms with E-state index in [4.69, 9.17) is 5.73 Å². The Hall–Kier alpha value is -2.66. The number of likely N-dealkylation sites (N-methyl/N-ethyl adjacent to an activating group) is 1. The van der Waals surface area contributed by atoms with Crippen molar-refractivity contribution in [3.63, 3.8) is 0 Å². The minimum Gasteiger partial charge on any atom is -0.352 e. The van der Waals surface area contributed by atoms with Gasteiger partial charge in [0.25, 0.3) is 5.91 Å². The summed E-state index contributed by atoms with van der Waals surface area (Å²) in [5.74, 6) is 0.435. The minimum atomic E-state index is -0.0896. The molecule has 0 bridgehead atoms. The van der Waals surface area contributed by atoms with Gasteiger partial charge in [0.15, 0.2) is 0 Å². The van der Waals surface area contributed by atoms with Crippen LogP contribution >= 0.6 is 0 Å². The zero-order valence-electron chi connectivity index (χ0n) is 16.4. The Labute approximate surface area is 161 Å². The minimum absolute atomic E-state index is 0.0108. The molecule has 0 spiro atoms. The Morgan fingerprint density at radius 3 is 2.41 bits per heavy atom. The van der Waals surface area contributed by atoms with Crippen molar-refractivity contribution in [1.29, 1.82) is 0 Å². The van der Waals surface area contributed by atoms with Gasteiger partial charge >= 0.3 is 0 Å². The van der Waals surface area contributed by atoms with Crippen molar-refractivity contribution in [3.05, 3.63) is 59.7 Å². The van der Waals surface area contributed by atoms with Gasteiger partial charge in [-0.3, -0.25) is 9.59 Å². The Kier molecular flexibility index (Phi) is 7.55. The first-order valence-corrected chi connectivity index (χ1v) is 9.32. The second-order valence-electron chi connectivity index (χ2n) is 7.17. The normalized spacial score (nSPS) is 10.7. The Bertz CT molecular complexity index is 769. The lowest BCUT2D eigenvalue weighted by Gasteiger charge is -2.16. The topological polar surface area (TPSA) is 75.4 Å². The lowest BCUT2D eigenvalue weighted by molar-refractivity contribution is -0.128. The van der Waals surface area contributed by atoms with Crippen molar-refractivity contribution in [2.24, 2.45) is 11.7 Å². The highest BCUT2D eigenvalue weighted by atomic mass is 16.2. The van der Waals surface area contributed by atoms with E-state index in [0.29, 0.717) is 24.6 Å². The summed E-state index contributed by atoms with van der Waals surface area (Å²) < 4.78 is 0. The molecule has 5 heteroatoms. The highest BCUT2D eigenvalue weighted by molar-refractivity contribution is 5.94. The SMILES string of the molecule is CC(C)CCNC(=O)c1ccc(-c2cccc(CN(C)C(=O)CN)c2)cc1. The third-order valence-electron chi connectivity index (χ3n) is 4.43. The van der Waals surface area contributed by atoms with Crippen LogP contribution in [0.15, 0.2) is 48.5 Å². The van der Waals surface area contributed by atoms with Crippen LogP contribution in [0, 0.1) is 5.92 Å². The summed E-state index contributed by atoms with van der Waals surface area (Å²) in [4.78, 5) is 25.4. The Morgan fingerprint density at radius 2 is 1.78 bits per heavy atom. The smallest absolute Gasteiger partial charge is 0.251 e. The highest BCUT2D eigenvalue weighted by Gasteiger charge is 2.09. The molecule has 2 aromatic carbocycles. The maximum atomic E-state index is 12.2. The van der Waals surface area contributed by atoms with Crippen LogP contribution in [0.5, 0.6) is 0 Å². The third-order valence-corrected chi connectivity index (χ3v) is 4.43. The lowest BCUT2D eigenvalue weighted by atomic mass is 10.0. The molecule has 2 amide bonds. The van der Waals surface area contributed by atoms with E-state index in [0.717, 1.165) is 23.1 Å². The van der Waals surface area contributed by atoms with E-state index in [-0.39, 0.29) is 18.4 Å². The summed E-state index contributed by atoms with van der Waals surface area (Å²) in [7, 11) is 1.74. The molecule has 0 radical (unpaired) electrons. The summed E-state index contributed by atoms with van der Waals surface area (Å²) in [5, 5.41) is 2.95. The number of nitrogens with zero attached hydrogens (tertiary/aromatic N) is 1. The van der Waals surface area contributed by atoms with E-state index in [2.05, 4.69) is 25.2 Å². The molecule has 0 unspecified atom stereocenters. The van der Waals surface area contributed by atoms with Gasteiger partial charge in [-0.1, -0.05) is 44.2 Å². The molecular weight excluding hydrogens is 338 g/mol. The quantitative estimate of drug-likeness (QED) is 0.753. The van der Waals surface area contributed by atoms with Crippen molar-refractivity contribution in [3.8, 4) is 11.1 Å². The van der Waals surface area contributed by atoms with Crippen LogP contribution in [0.25, 0.3) is 11.1 Å². The number of amides is 2. The molecule has 144 valence electrons. The fourth-order valence-electron chi connectivity index (χ4n) is 2.76. The van der Waals surface area contributed by atoms with Gasteiger partial charge in [0.05, 0.1) is 6.54 Å². The number of hydrogen-bond acceptors (Lipinski definition) is 3. The first kappa shape index (κ1) is 20.6. The summed E-state index contributed by atoms with van der Waals surface area (Å²) in [6.07, 6.45) is 0.970.